The minimum atomic E-state index is 0.891. The van der Waals surface area contributed by atoms with Crippen LogP contribution in [0.15, 0.2) is 16.7 Å². The van der Waals surface area contributed by atoms with Crippen LogP contribution in [0.2, 0.25) is 0 Å². The van der Waals surface area contributed by atoms with Gasteiger partial charge in [0, 0.05) is 49.0 Å². The number of nitrogens with one attached hydrogen (secondary N) is 1. The molecular formula is C14H23BrN4. The molecule has 0 aromatic carbocycles. The van der Waals surface area contributed by atoms with Gasteiger partial charge in [-0.2, -0.15) is 0 Å². The summed E-state index contributed by atoms with van der Waals surface area (Å²) < 4.78 is 1.05. The molecule has 0 bridgehead atoms. The van der Waals surface area contributed by atoms with Gasteiger partial charge in [-0.15, -0.1) is 0 Å². The molecule has 2 heterocycles. The summed E-state index contributed by atoms with van der Waals surface area (Å²) in [5.74, 6) is 1.14. The minimum Gasteiger partial charge on any atom is -0.354 e. The largest absolute Gasteiger partial charge is 0.354 e. The van der Waals surface area contributed by atoms with E-state index in [9.17, 15) is 0 Å². The highest BCUT2D eigenvalue weighted by Gasteiger charge is 2.18. The van der Waals surface area contributed by atoms with Crippen molar-refractivity contribution in [1.82, 2.24) is 15.2 Å². The van der Waals surface area contributed by atoms with E-state index in [2.05, 4.69) is 56.1 Å². The molecule has 0 atom stereocenters. The highest BCUT2D eigenvalue weighted by molar-refractivity contribution is 9.10. The van der Waals surface area contributed by atoms with Crippen LogP contribution in [-0.4, -0.2) is 49.7 Å². The first-order valence-electron chi connectivity index (χ1n) is 6.99. The summed E-state index contributed by atoms with van der Waals surface area (Å²) in [6, 6.07) is 2.18. The average molecular weight is 327 g/mol. The van der Waals surface area contributed by atoms with Crippen LogP contribution in [0.1, 0.15) is 18.9 Å². The zero-order valence-corrected chi connectivity index (χ0v) is 13.4. The second kappa shape index (κ2) is 7.22. The number of aromatic nitrogens is 1. The Kier molecular flexibility index (Phi) is 5.60. The van der Waals surface area contributed by atoms with Crippen molar-refractivity contribution in [2.45, 2.75) is 19.9 Å². The van der Waals surface area contributed by atoms with E-state index in [1.807, 2.05) is 6.20 Å². The number of likely N-dealkylation sites (N-methyl/N-ethyl adjacent to an activating group) is 1. The zero-order chi connectivity index (χ0) is 13.7. The maximum atomic E-state index is 4.63. The first-order chi connectivity index (χ1) is 9.20. The summed E-state index contributed by atoms with van der Waals surface area (Å²) >= 11 is 3.52. The van der Waals surface area contributed by atoms with E-state index in [1.165, 1.54) is 5.56 Å². The van der Waals surface area contributed by atoms with Crippen molar-refractivity contribution in [1.29, 1.82) is 0 Å². The van der Waals surface area contributed by atoms with Gasteiger partial charge in [0.1, 0.15) is 5.82 Å². The van der Waals surface area contributed by atoms with E-state index < -0.39 is 0 Å². The van der Waals surface area contributed by atoms with Crippen LogP contribution < -0.4 is 10.2 Å². The molecule has 1 aliphatic rings. The molecule has 0 amide bonds. The second-order valence-electron chi connectivity index (χ2n) is 5.10. The van der Waals surface area contributed by atoms with Gasteiger partial charge in [0.15, 0.2) is 0 Å². The molecular weight excluding hydrogens is 304 g/mol. The number of hydrogen-bond donors (Lipinski definition) is 1. The van der Waals surface area contributed by atoms with Crippen LogP contribution in [0.5, 0.6) is 0 Å². The van der Waals surface area contributed by atoms with Crippen molar-refractivity contribution in [3.05, 3.63) is 22.3 Å². The van der Waals surface area contributed by atoms with Crippen molar-refractivity contribution < 1.29 is 0 Å². The van der Waals surface area contributed by atoms with Crippen LogP contribution in [0.4, 0.5) is 5.82 Å². The molecule has 106 valence electrons. The number of rotatable bonds is 5. The number of nitrogens with zero attached hydrogens (tertiary/aromatic N) is 3. The molecule has 0 spiro atoms. The maximum Gasteiger partial charge on any atom is 0.133 e. The van der Waals surface area contributed by atoms with Gasteiger partial charge in [-0.05, 0) is 42.0 Å². The fourth-order valence-electron chi connectivity index (χ4n) is 2.31. The van der Waals surface area contributed by atoms with Gasteiger partial charge < -0.3 is 15.1 Å². The number of hydrogen-bond acceptors (Lipinski definition) is 4. The highest BCUT2D eigenvalue weighted by Crippen LogP contribution is 2.22. The molecule has 0 aliphatic carbocycles. The number of piperazine rings is 1. The molecule has 0 saturated carbocycles. The summed E-state index contributed by atoms with van der Waals surface area (Å²) in [6.07, 6.45) is 3.06. The van der Waals surface area contributed by atoms with Gasteiger partial charge >= 0.3 is 0 Å². The zero-order valence-electron chi connectivity index (χ0n) is 11.8. The predicted molar refractivity (Wildman–Crippen MR) is 83.6 cm³/mol. The number of pyridine rings is 1. The lowest BCUT2D eigenvalue weighted by Crippen LogP contribution is -2.45. The molecule has 1 aliphatic heterocycles. The minimum absolute atomic E-state index is 0.891. The van der Waals surface area contributed by atoms with Crippen LogP contribution in [-0.2, 0) is 6.54 Å². The summed E-state index contributed by atoms with van der Waals surface area (Å²) in [5, 5.41) is 3.47. The number of halogens is 1. The number of anilines is 1. The van der Waals surface area contributed by atoms with E-state index in [0.29, 0.717) is 0 Å². The van der Waals surface area contributed by atoms with E-state index >= 15 is 0 Å². The Hall–Kier alpha value is -0.650. The standard InChI is InChI=1S/C14H23BrN4/c1-3-4-16-10-12-9-13(15)11-17-14(12)19-7-5-18(2)6-8-19/h9,11,16H,3-8,10H2,1-2H3. The Bertz CT molecular complexity index is 402. The molecule has 0 unspecified atom stereocenters. The topological polar surface area (TPSA) is 31.4 Å². The second-order valence-corrected chi connectivity index (χ2v) is 6.02. The van der Waals surface area contributed by atoms with Crippen molar-refractivity contribution in [3.8, 4) is 0 Å². The first-order valence-corrected chi connectivity index (χ1v) is 7.78. The van der Waals surface area contributed by atoms with E-state index in [1.54, 1.807) is 0 Å². The molecule has 5 heteroatoms. The molecule has 1 N–H and O–H groups in total. The Morgan fingerprint density at radius 3 is 2.74 bits per heavy atom. The van der Waals surface area contributed by atoms with Crippen LogP contribution in [0, 0.1) is 0 Å². The third kappa shape index (κ3) is 4.16. The molecule has 1 aromatic rings. The summed E-state index contributed by atoms with van der Waals surface area (Å²) in [5.41, 5.74) is 1.28. The molecule has 4 nitrogen and oxygen atoms in total. The summed E-state index contributed by atoms with van der Waals surface area (Å²) in [4.78, 5) is 9.39. The Morgan fingerprint density at radius 2 is 2.05 bits per heavy atom. The fourth-order valence-corrected chi connectivity index (χ4v) is 2.69. The molecule has 2 rings (SSSR count). The van der Waals surface area contributed by atoms with Crippen molar-refractivity contribution in [2.24, 2.45) is 0 Å². The third-order valence-electron chi connectivity index (χ3n) is 3.45. The Morgan fingerprint density at radius 1 is 1.32 bits per heavy atom. The molecule has 1 aromatic heterocycles. The first kappa shape index (κ1) is 14.8. The van der Waals surface area contributed by atoms with Crippen LogP contribution >= 0.6 is 15.9 Å². The van der Waals surface area contributed by atoms with Crippen LogP contribution in [0.3, 0.4) is 0 Å². The van der Waals surface area contributed by atoms with E-state index in [0.717, 1.165) is 56.0 Å². The predicted octanol–water partition coefficient (Wildman–Crippen LogP) is 2.10. The summed E-state index contributed by atoms with van der Waals surface area (Å²) in [7, 11) is 2.18. The maximum absolute atomic E-state index is 4.63. The SMILES string of the molecule is CCCNCc1cc(Br)cnc1N1CCN(C)CC1. The Balaban J connectivity index is 2.09. The monoisotopic (exact) mass is 326 g/mol. The third-order valence-corrected chi connectivity index (χ3v) is 3.89. The smallest absolute Gasteiger partial charge is 0.133 e. The van der Waals surface area contributed by atoms with Gasteiger partial charge in [-0.1, -0.05) is 6.92 Å². The molecule has 1 saturated heterocycles. The molecule has 1 fully saturated rings. The average Bonchev–Trinajstić information content (AvgIpc) is 2.41. The normalized spacial score (nSPS) is 16.9. The van der Waals surface area contributed by atoms with Gasteiger partial charge in [0.2, 0.25) is 0 Å². The highest BCUT2D eigenvalue weighted by atomic mass is 79.9. The van der Waals surface area contributed by atoms with Crippen molar-refractivity contribution in [2.75, 3.05) is 44.7 Å². The van der Waals surface area contributed by atoms with Crippen molar-refractivity contribution in [3.63, 3.8) is 0 Å². The lowest BCUT2D eigenvalue weighted by Gasteiger charge is -2.34. The van der Waals surface area contributed by atoms with Gasteiger partial charge in [0.05, 0.1) is 0 Å². The summed E-state index contributed by atoms with van der Waals surface area (Å²) in [6.45, 7) is 8.47. The van der Waals surface area contributed by atoms with Crippen molar-refractivity contribution >= 4 is 21.7 Å². The molecule has 19 heavy (non-hydrogen) atoms. The quantitative estimate of drug-likeness (QED) is 0.840. The Labute approximate surface area is 124 Å². The molecule has 0 radical (unpaired) electrons. The van der Waals surface area contributed by atoms with Crippen LogP contribution in [0.25, 0.3) is 0 Å². The lowest BCUT2D eigenvalue weighted by atomic mass is 10.2. The lowest BCUT2D eigenvalue weighted by molar-refractivity contribution is 0.311. The van der Waals surface area contributed by atoms with Gasteiger partial charge in [-0.3, -0.25) is 0 Å². The van der Waals surface area contributed by atoms with E-state index in [-0.39, 0.29) is 0 Å². The van der Waals surface area contributed by atoms with E-state index in [4.69, 9.17) is 0 Å². The van der Waals surface area contributed by atoms with Gasteiger partial charge in [0.25, 0.3) is 0 Å². The fraction of sp³-hybridized carbons (Fsp3) is 0.643. The van der Waals surface area contributed by atoms with Gasteiger partial charge in [-0.25, -0.2) is 4.98 Å².